The van der Waals surface area contributed by atoms with Crippen LogP contribution >= 0.6 is 0 Å². The number of nitrogens with zero attached hydrogens (tertiary/aromatic N) is 4. The zero-order chi connectivity index (χ0) is 24.6. The molecule has 176 valence electrons. The molecule has 12 nitrogen and oxygen atoms in total. The van der Waals surface area contributed by atoms with Gasteiger partial charge in [0.1, 0.15) is 13.3 Å². The standard InChI is InChI=1S/C11H14N2O4.C10H10N2O4/c1-6-3-8(14)12(10(6)16)5-13-9(15)4-7(2)11(13)17;1-6-4-9(15)12(10(6)16)5-11-7(13)2-3-8(11)14/h6-7H,3-5H2,1-2H3;2-3,6H,4-5H2,1H3. The smallest absolute Gasteiger partial charge is 0.255 e. The summed E-state index contributed by atoms with van der Waals surface area (Å²) in [6, 6.07) is 0. The number of likely N-dealkylation sites (tertiary alicyclic amines) is 3. The van der Waals surface area contributed by atoms with Crippen molar-refractivity contribution in [3.05, 3.63) is 12.2 Å². The Morgan fingerprint density at radius 2 is 0.818 bits per heavy atom. The number of carbonyl (C=O) groups is 8. The zero-order valence-corrected chi connectivity index (χ0v) is 18.5. The minimum atomic E-state index is -0.495. The monoisotopic (exact) mass is 460 g/mol. The number of hydrogen-bond acceptors (Lipinski definition) is 8. The molecule has 0 saturated carbocycles. The van der Waals surface area contributed by atoms with E-state index >= 15 is 0 Å². The molecule has 8 amide bonds. The van der Waals surface area contributed by atoms with E-state index in [-0.39, 0.29) is 85.8 Å². The average Bonchev–Trinajstić information content (AvgIpc) is 3.36. The summed E-state index contributed by atoms with van der Waals surface area (Å²) < 4.78 is 0. The largest absolute Gasteiger partial charge is 0.274 e. The Hall–Kier alpha value is -3.70. The highest BCUT2D eigenvalue weighted by atomic mass is 16.2. The highest BCUT2D eigenvalue weighted by Crippen LogP contribution is 2.23. The number of carbonyl (C=O) groups excluding carboxylic acids is 8. The summed E-state index contributed by atoms with van der Waals surface area (Å²) in [6.07, 6.45) is 2.70. The number of imide groups is 4. The van der Waals surface area contributed by atoms with Crippen LogP contribution in [-0.4, -0.2) is 80.2 Å². The summed E-state index contributed by atoms with van der Waals surface area (Å²) in [7, 11) is 0. The van der Waals surface area contributed by atoms with Crippen LogP contribution < -0.4 is 0 Å². The van der Waals surface area contributed by atoms with Gasteiger partial charge in [-0.15, -0.1) is 0 Å². The first-order valence-electron chi connectivity index (χ1n) is 10.5. The third-order valence-electron chi connectivity index (χ3n) is 5.87. The van der Waals surface area contributed by atoms with E-state index in [9.17, 15) is 38.4 Å². The van der Waals surface area contributed by atoms with Crippen LogP contribution in [0.15, 0.2) is 12.2 Å². The van der Waals surface area contributed by atoms with Crippen molar-refractivity contribution in [3.63, 3.8) is 0 Å². The van der Waals surface area contributed by atoms with Crippen molar-refractivity contribution in [3.8, 4) is 0 Å². The third-order valence-corrected chi connectivity index (χ3v) is 5.87. The number of rotatable bonds is 4. The summed E-state index contributed by atoms with van der Waals surface area (Å²) in [6.45, 7) is 4.48. The second-order valence-corrected chi connectivity index (χ2v) is 8.52. The molecule has 0 N–H and O–H groups in total. The highest BCUT2D eigenvalue weighted by molar-refractivity contribution is 6.13. The minimum Gasteiger partial charge on any atom is -0.274 e. The molecule has 0 spiro atoms. The van der Waals surface area contributed by atoms with Gasteiger partial charge in [0, 0.05) is 49.2 Å². The molecule has 0 bridgehead atoms. The molecule has 12 heteroatoms. The van der Waals surface area contributed by atoms with Gasteiger partial charge in [-0.3, -0.25) is 58.0 Å². The molecule has 3 unspecified atom stereocenters. The van der Waals surface area contributed by atoms with Crippen LogP contribution in [-0.2, 0) is 38.4 Å². The van der Waals surface area contributed by atoms with Gasteiger partial charge in [-0.2, -0.15) is 0 Å². The SMILES string of the molecule is CC1CC(=O)N(CN2C(=O)C=CC2=O)C1=O.CC1CC(=O)N(CN2C(=O)CC(C)C2=O)C1=O. The molecule has 3 fully saturated rings. The molecule has 0 aromatic heterocycles. The van der Waals surface area contributed by atoms with Gasteiger partial charge in [-0.1, -0.05) is 20.8 Å². The summed E-state index contributed by atoms with van der Waals surface area (Å²) in [5.41, 5.74) is 0. The van der Waals surface area contributed by atoms with Crippen molar-refractivity contribution in [2.24, 2.45) is 17.8 Å². The quantitative estimate of drug-likeness (QED) is 0.485. The van der Waals surface area contributed by atoms with Gasteiger partial charge in [0.15, 0.2) is 0 Å². The number of amides is 8. The van der Waals surface area contributed by atoms with Gasteiger partial charge in [0.05, 0.1) is 0 Å². The lowest BCUT2D eigenvalue weighted by atomic mass is 10.1. The molecule has 33 heavy (non-hydrogen) atoms. The predicted octanol–water partition coefficient (Wildman–Crippen LogP) is -1.00. The van der Waals surface area contributed by atoms with Crippen LogP contribution in [0.2, 0.25) is 0 Å². The van der Waals surface area contributed by atoms with Crippen molar-refractivity contribution in [2.75, 3.05) is 13.3 Å². The second-order valence-electron chi connectivity index (χ2n) is 8.52. The molecule has 3 saturated heterocycles. The first-order chi connectivity index (χ1) is 15.4. The Kier molecular flexibility index (Phi) is 6.56. The fourth-order valence-electron chi connectivity index (χ4n) is 3.84. The van der Waals surface area contributed by atoms with E-state index in [4.69, 9.17) is 0 Å². The topological polar surface area (TPSA) is 150 Å². The lowest BCUT2D eigenvalue weighted by Crippen LogP contribution is -2.44. The summed E-state index contributed by atoms with van der Waals surface area (Å²) in [4.78, 5) is 95.6. The first kappa shape index (κ1) is 24.0. The minimum absolute atomic E-state index is 0.141. The van der Waals surface area contributed by atoms with Crippen molar-refractivity contribution in [1.82, 2.24) is 19.6 Å². The molecule has 4 rings (SSSR count). The molecule has 0 aromatic carbocycles. The average molecular weight is 460 g/mol. The van der Waals surface area contributed by atoms with Gasteiger partial charge in [-0.05, 0) is 0 Å². The van der Waals surface area contributed by atoms with Crippen LogP contribution in [0.5, 0.6) is 0 Å². The van der Waals surface area contributed by atoms with E-state index in [1.54, 1.807) is 20.8 Å². The van der Waals surface area contributed by atoms with Crippen LogP contribution in [0.1, 0.15) is 40.0 Å². The van der Waals surface area contributed by atoms with Crippen LogP contribution in [0.4, 0.5) is 0 Å². The molecule has 3 atom stereocenters. The molecule has 0 aliphatic carbocycles. The zero-order valence-electron chi connectivity index (χ0n) is 18.5. The van der Waals surface area contributed by atoms with Crippen LogP contribution in [0.25, 0.3) is 0 Å². The van der Waals surface area contributed by atoms with Gasteiger partial charge in [0.2, 0.25) is 35.4 Å². The maximum Gasteiger partial charge on any atom is 0.255 e. The molecule has 0 aromatic rings. The van der Waals surface area contributed by atoms with E-state index in [1.807, 2.05) is 0 Å². The van der Waals surface area contributed by atoms with Crippen LogP contribution in [0, 0.1) is 17.8 Å². The van der Waals surface area contributed by atoms with Gasteiger partial charge in [0.25, 0.3) is 11.8 Å². The highest BCUT2D eigenvalue weighted by Gasteiger charge is 2.42. The van der Waals surface area contributed by atoms with E-state index in [2.05, 4.69) is 0 Å². The summed E-state index contributed by atoms with van der Waals surface area (Å²) in [5, 5.41) is 0. The maximum atomic E-state index is 11.7. The Morgan fingerprint density at radius 3 is 1.06 bits per heavy atom. The second kappa shape index (κ2) is 9.04. The Labute approximate surface area is 189 Å². The number of hydrogen-bond donors (Lipinski definition) is 0. The fourth-order valence-corrected chi connectivity index (χ4v) is 3.84. The maximum absolute atomic E-state index is 11.7. The Bertz CT molecular complexity index is 946. The summed E-state index contributed by atoms with van der Waals surface area (Å²) in [5.74, 6) is -4.00. The molecular formula is C21H24N4O8. The molecule has 4 aliphatic rings. The van der Waals surface area contributed by atoms with E-state index in [1.165, 1.54) is 0 Å². The van der Waals surface area contributed by atoms with Crippen molar-refractivity contribution < 1.29 is 38.4 Å². The fraction of sp³-hybridized carbons (Fsp3) is 0.524. The van der Waals surface area contributed by atoms with E-state index in [0.29, 0.717) is 0 Å². The van der Waals surface area contributed by atoms with E-state index < -0.39 is 11.8 Å². The van der Waals surface area contributed by atoms with Gasteiger partial charge in [-0.25, -0.2) is 0 Å². The summed E-state index contributed by atoms with van der Waals surface area (Å²) >= 11 is 0. The van der Waals surface area contributed by atoms with Crippen molar-refractivity contribution in [1.29, 1.82) is 0 Å². The lowest BCUT2D eigenvalue weighted by Gasteiger charge is -2.21. The van der Waals surface area contributed by atoms with Crippen molar-refractivity contribution >= 4 is 47.3 Å². The van der Waals surface area contributed by atoms with E-state index in [0.717, 1.165) is 31.8 Å². The molecule has 4 heterocycles. The Balaban J connectivity index is 0.000000186. The normalized spacial score (nSPS) is 27.5. The molecule has 4 aliphatic heterocycles. The van der Waals surface area contributed by atoms with Gasteiger partial charge < -0.3 is 0 Å². The van der Waals surface area contributed by atoms with Crippen molar-refractivity contribution in [2.45, 2.75) is 40.0 Å². The predicted molar refractivity (Wildman–Crippen MR) is 108 cm³/mol. The first-order valence-corrected chi connectivity index (χ1v) is 10.5. The molecule has 0 radical (unpaired) electrons. The molecular weight excluding hydrogens is 436 g/mol. The van der Waals surface area contributed by atoms with Gasteiger partial charge >= 0.3 is 0 Å². The Morgan fingerprint density at radius 1 is 0.545 bits per heavy atom. The van der Waals surface area contributed by atoms with Crippen LogP contribution in [0.3, 0.4) is 0 Å². The third kappa shape index (κ3) is 4.59. The lowest BCUT2D eigenvalue weighted by molar-refractivity contribution is -0.150.